The second kappa shape index (κ2) is 6.83. The van der Waals surface area contributed by atoms with Crippen molar-refractivity contribution in [2.24, 2.45) is 0 Å². The van der Waals surface area contributed by atoms with Gasteiger partial charge in [0.15, 0.2) is 0 Å². The maximum absolute atomic E-state index is 11.0. The van der Waals surface area contributed by atoms with E-state index in [1.165, 1.54) is 6.07 Å². The quantitative estimate of drug-likeness (QED) is 0.595. The van der Waals surface area contributed by atoms with Gasteiger partial charge in [-0.3, -0.25) is 10.1 Å². The van der Waals surface area contributed by atoms with Crippen LogP contribution in [0.25, 0.3) is 0 Å². The zero-order chi connectivity index (χ0) is 13.5. The molecule has 0 bridgehead atoms. The van der Waals surface area contributed by atoms with Crippen LogP contribution in [0.4, 0.5) is 11.4 Å². The van der Waals surface area contributed by atoms with Gasteiger partial charge >= 0.3 is 0 Å². The topological polar surface area (TPSA) is 64.4 Å². The van der Waals surface area contributed by atoms with Crippen LogP contribution in [0.2, 0.25) is 0 Å². The first-order valence-electron chi connectivity index (χ1n) is 6.21. The molecule has 0 aliphatic rings. The van der Waals surface area contributed by atoms with Crippen molar-refractivity contribution < 1.29 is 9.66 Å². The lowest BCUT2D eigenvalue weighted by molar-refractivity contribution is -0.384. The summed E-state index contributed by atoms with van der Waals surface area (Å²) in [6.45, 7) is 4.17. The Kier molecular flexibility index (Phi) is 5.42. The molecular weight excluding hydrogens is 232 g/mol. The lowest BCUT2D eigenvalue weighted by Crippen LogP contribution is -2.18. The molecule has 1 unspecified atom stereocenters. The van der Waals surface area contributed by atoms with Crippen LogP contribution < -0.4 is 10.1 Å². The van der Waals surface area contributed by atoms with E-state index in [0.717, 1.165) is 19.3 Å². The lowest BCUT2D eigenvalue weighted by atomic mass is 10.1. The molecule has 1 N–H and O–H groups in total. The predicted octanol–water partition coefficient (Wildman–Crippen LogP) is 3.59. The molecule has 0 amide bonds. The van der Waals surface area contributed by atoms with Crippen molar-refractivity contribution >= 4 is 11.4 Å². The third kappa shape index (κ3) is 3.61. The van der Waals surface area contributed by atoms with Crippen molar-refractivity contribution in [3.8, 4) is 5.75 Å². The van der Waals surface area contributed by atoms with E-state index in [1.807, 2.05) is 0 Å². The smallest absolute Gasteiger partial charge is 0.292 e. The summed E-state index contributed by atoms with van der Waals surface area (Å²) in [6.07, 6.45) is 2.97. The van der Waals surface area contributed by atoms with Crippen LogP contribution in [0.1, 0.15) is 33.1 Å². The number of benzene rings is 1. The van der Waals surface area contributed by atoms with Crippen molar-refractivity contribution in [2.75, 3.05) is 12.4 Å². The van der Waals surface area contributed by atoms with Crippen molar-refractivity contribution in [2.45, 2.75) is 39.2 Å². The minimum absolute atomic E-state index is 0.0883. The number of rotatable bonds is 7. The van der Waals surface area contributed by atoms with Crippen molar-refractivity contribution in [3.63, 3.8) is 0 Å². The molecule has 5 heteroatoms. The highest BCUT2D eigenvalue weighted by atomic mass is 16.6. The van der Waals surface area contributed by atoms with Crippen LogP contribution in [0.15, 0.2) is 18.2 Å². The number of nitrogens with one attached hydrogen (secondary N) is 1. The summed E-state index contributed by atoms with van der Waals surface area (Å²) in [5.41, 5.74) is 0.616. The number of nitro benzene ring substituents is 1. The molecule has 0 spiro atoms. The Labute approximate surface area is 107 Å². The number of hydrogen-bond donors (Lipinski definition) is 1. The first kappa shape index (κ1) is 14.3. The Morgan fingerprint density at radius 3 is 2.67 bits per heavy atom. The van der Waals surface area contributed by atoms with Gasteiger partial charge in [0.25, 0.3) is 5.69 Å². The standard InChI is InChI=1S/C13H20N2O3/c1-4-6-10(5-2)14-12-9-11(18-3)7-8-13(12)15(16)17/h7-10,14H,4-6H2,1-3H3. The van der Waals surface area contributed by atoms with Crippen LogP contribution in [0.3, 0.4) is 0 Å². The monoisotopic (exact) mass is 252 g/mol. The fraction of sp³-hybridized carbons (Fsp3) is 0.538. The third-order valence-electron chi connectivity index (χ3n) is 2.89. The van der Waals surface area contributed by atoms with E-state index in [0.29, 0.717) is 11.4 Å². The molecule has 0 heterocycles. The van der Waals surface area contributed by atoms with E-state index in [-0.39, 0.29) is 16.7 Å². The van der Waals surface area contributed by atoms with E-state index in [1.54, 1.807) is 19.2 Å². The Balaban J connectivity index is 2.99. The highest BCUT2D eigenvalue weighted by molar-refractivity contribution is 5.64. The van der Waals surface area contributed by atoms with E-state index in [4.69, 9.17) is 4.74 Å². The fourth-order valence-corrected chi connectivity index (χ4v) is 1.86. The molecule has 1 rings (SSSR count). The highest BCUT2D eigenvalue weighted by Gasteiger charge is 2.17. The summed E-state index contributed by atoms with van der Waals surface area (Å²) in [6, 6.07) is 5.00. The third-order valence-corrected chi connectivity index (χ3v) is 2.89. The van der Waals surface area contributed by atoms with Crippen molar-refractivity contribution in [1.29, 1.82) is 0 Å². The second-order valence-electron chi connectivity index (χ2n) is 4.18. The number of nitro groups is 1. The number of hydrogen-bond acceptors (Lipinski definition) is 4. The normalized spacial score (nSPS) is 11.9. The molecule has 5 nitrogen and oxygen atoms in total. The molecule has 0 radical (unpaired) electrons. The van der Waals surface area contributed by atoms with Gasteiger partial charge in [0.2, 0.25) is 0 Å². The first-order valence-corrected chi connectivity index (χ1v) is 6.21. The Morgan fingerprint density at radius 2 is 2.17 bits per heavy atom. The van der Waals surface area contributed by atoms with E-state index < -0.39 is 0 Å². The van der Waals surface area contributed by atoms with Gasteiger partial charge in [0.1, 0.15) is 11.4 Å². The average molecular weight is 252 g/mol. The number of ether oxygens (including phenoxy) is 1. The van der Waals surface area contributed by atoms with Crippen molar-refractivity contribution in [3.05, 3.63) is 28.3 Å². The van der Waals surface area contributed by atoms with Gasteiger partial charge in [-0.1, -0.05) is 20.3 Å². The molecule has 0 aliphatic carbocycles. The number of methoxy groups -OCH3 is 1. The largest absolute Gasteiger partial charge is 0.497 e. The summed E-state index contributed by atoms with van der Waals surface area (Å²) >= 11 is 0. The molecule has 1 aromatic rings. The molecule has 0 fully saturated rings. The minimum atomic E-state index is -0.375. The van der Waals surface area contributed by atoms with Crippen LogP contribution in [0.5, 0.6) is 5.75 Å². The van der Waals surface area contributed by atoms with Gasteiger partial charge in [-0.2, -0.15) is 0 Å². The average Bonchev–Trinajstić information content (AvgIpc) is 2.37. The molecule has 1 atom stereocenters. The molecule has 0 aromatic heterocycles. The molecule has 0 saturated heterocycles. The molecule has 0 aliphatic heterocycles. The van der Waals surface area contributed by atoms with Crippen molar-refractivity contribution in [1.82, 2.24) is 0 Å². The van der Waals surface area contributed by atoms with Crippen LogP contribution in [0, 0.1) is 10.1 Å². The van der Waals surface area contributed by atoms with Gasteiger partial charge < -0.3 is 10.1 Å². The van der Waals surface area contributed by atoms with Gasteiger partial charge in [-0.15, -0.1) is 0 Å². The zero-order valence-electron chi connectivity index (χ0n) is 11.1. The SMILES string of the molecule is CCCC(CC)Nc1cc(OC)ccc1[N+](=O)[O-]. The summed E-state index contributed by atoms with van der Waals surface area (Å²) in [4.78, 5) is 10.6. The summed E-state index contributed by atoms with van der Waals surface area (Å²) in [7, 11) is 1.55. The fourth-order valence-electron chi connectivity index (χ4n) is 1.86. The van der Waals surface area contributed by atoms with Gasteiger partial charge in [0.05, 0.1) is 12.0 Å². The second-order valence-corrected chi connectivity index (χ2v) is 4.18. The number of anilines is 1. The molecule has 18 heavy (non-hydrogen) atoms. The molecule has 0 saturated carbocycles. The van der Waals surface area contributed by atoms with E-state index in [2.05, 4.69) is 19.2 Å². The van der Waals surface area contributed by atoms with E-state index in [9.17, 15) is 10.1 Å². The van der Waals surface area contributed by atoms with Gasteiger partial charge in [-0.05, 0) is 18.9 Å². The Hall–Kier alpha value is -1.78. The van der Waals surface area contributed by atoms with Crippen LogP contribution >= 0.6 is 0 Å². The summed E-state index contributed by atoms with van der Waals surface area (Å²) < 4.78 is 5.10. The summed E-state index contributed by atoms with van der Waals surface area (Å²) in [5, 5.41) is 14.2. The molecular formula is C13H20N2O3. The number of nitrogens with zero attached hydrogens (tertiary/aromatic N) is 1. The van der Waals surface area contributed by atoms with E-state index >= 15 is 0 Å². The van der Waals surface area contributed by atoms with Crippen LogP contribution in [-0.2, 0) is 0 Å². The maximum atomic E-state index is 11.0. The minimum Gasteiger partial charge on any atom is -0.497 e. The Morgan fingerprint density at radius 1 is 1.44 bits per heavy atom. The predicted molar refractivity (Wildman–Crippen MR) is 72.3 cm³/mol. The maximum Gasteiger partial charge on any atom is 0.292 e. The summed E-state index contributed by atoms with van der Waals surface area (Å²) in [5.74, 6) is 0.620. The first-order chi connectivity index (χ1) is 8.62. The van der Waals surface area contributed by atoms with Crippen LogP contribution in [-0.4, -0.2) is 18.1 Å². The van der Waals surface area contributed by atoms with Gasteiger partial charge in [0, 0.05) is 18.2 Å². The molecule has 100 valence electrons. The zero-order valence-corrected chi connectivity index (χ0v) is 11.1. The Bertz CT molecular complexity index is 407. The highest BCUT2D eigenvalue weighted by Crippen LogP contribution is 2.30. The lowest BCUT2D eigenvalue weighted by Gasteiger charge is -2.17. The molecule has 1 aromatic carbocycles. The van der Waals surface area contributed by atoms with Gasteiger partial charge in [-0.25, -0.2) is 0 Å².